The van der Waals surface area contributed by atoms with Gasteiger partial charge in [0.05, 0.1) is 26.4 Å². The lowest BCUT2D eigenvalue weighted by Gasteiger charge is -2.23. The third kappa shape index (κ3) is 5.99. The van der Waals surface area contributed by atoms with E-state index >= 15 is 0 Å². The minimum Gasteiger partial charge on any atom is -0.497 e. The molecule has 0 radical (unpaired) electrons. The first-order valence-corrected chi connectivity index (χ1v) is 8.75. The maximum absolute atomic E-state index is 13.5. The van der Waals surface area contributed by atoms with Gasteiger partial charge >= 0.3 is 6.18 Å². The van der Waals surface area contributed by atoms with E-state index < -0.39 is 24.3 Å². The summed E-state index contributed by atoms with van der Waals surface area (Å²) in [7, 11) is 2.93. The standard InChI is InChI=1S/C21H22F3NO4/c1-28-17-9-8-16(19(12-17)29-2)14-25(10-11-26)20(27)13-18(21(22,23)24)15-6-4-3-5-7-15/h3-9,12-13,26H,10-11,14H2,1-2H3. The number of aliphatic hydroxyl groups is 1. The van der Waals surface area contributed by atoms with E-state index in [9.17, 15) is 23.1 Å². The minimum absolute atomic E-state index is 0.0387. The highest BCUT2D eigenvalue weighted by atomic mass is 19.4. The van der Waals surface area contributed by atoms with E-state index in [1.54, 1.807) is 24.3 Å². The van der Waals surface area contributed by atoms with Crippen LogP contribution in [-0.4, -0.2) is 49.5 Å². The van der Waals surface area contributed by atoms with Crippen LogP contribution >= 0.6 is 0 Å². The van der Waals surface area contributed by atoms with Crippen LogP contribution in [0.25, 0.3) is 5.57 Å². The number of hydrogen-bond acceptors (Lipinski definition) is 4. The van der Waals surface area contributed by atoms with Gasteiger partial charge in [-0.25, -0.2) is 0 Å². The van der Waals surface area contributed by atoms with Crippen LogP contribution in [0.1, 0.15) is 11.1 Å². The van der Waals surface area contributed by atoms with Crippen LogP contribution in [0.2, 0.25) is 0 Å². The Kier molecular flexibility index (Phi) is 7.67. The van der Waals surface area contributed by atoms with Crippen LogP contribution < -0.4 is 9.47 Å². The van der Waals surface area contributed by atoms with Crippen LogP contribution in [-0.2, 0) is 11.3 Å². The van der Waals surface area contributed by atoms with Gasteiger partial charge in [0, 0.05) is 30.8 Å². The van der Waals surface area contributed by atoms with E-state index in [1.165, 1.54) is 38.5 Å². The lowest BCUT2D eigenvalue weighted by atomic mass is 10.0. The van der Waals surface area contributed by atoms with E-state index in [1.807, 2.05) is 0 Å². The van der Waals surface area contributed by atoms with Crippen molar-refractivity contribution in [2.45, 2.75) is 12.7 Å². The number of aliphatic hydroxyl groups excluding tert-OH is 1. The Morgan fingerprint density at radius 1 is 1.10 bits per heavy atom. The number of halogens is 3. The number of benzene rings is 2. The van der Waals surface area contributed by atoms with Crippen molar-refractivity contribution in [1.29, 1.82) is 0 Å². The number of methoxy groups -OCH3 is 2. The fraction of sp³-hybridized carbons (Fsp3) is 0.286. The van der Waals surface area contributed by atoms with Gasteiger partial charge in [-0.3, -0.25) is 4.79 Å². The SMILES string of the molecule is COc1ccc(CN(CCO)C(=O)C=C(c2ccccc2)C(F)(F)F)c(OC)c1. The number of carbonyl (C=O) groups excluding carboxylic acids is 1. The molecule has 0 bridgehead atoms. The van der Waals surface area contributed by atoms with Crippen LogP contribution in [0, 0.1) is 0 Å². The number of ether oxygens (including phenoxy) is 2. The normalized spacial score (nSPS) is 11.9. The molecule has 5 nitrogen and oxygen atoms in total. The van der Waals surface area contributed by atoms with Gasteiger partial charge in [0.2, 0.25) is 5.91 Å². The van der Waals surface area contributed by atoms with Crippen LogP contribution in [0.4, 0.5) is 13.2 Å². The molecule has 29 heavy (non-hydrogen) atoms. The Labute approximate surface area is 167 Å². The van der Waals surface area contributed by atoms with Crippen molar-refractivity contribution < 1.29 is 32.5 Å². The predicted octanol–water partition coefficient (Wildman–Crippen LogP) is 3.67. The third-order valence-corrected chi connectivity index (χ3v) is 4.20. The highest BCUT2D eigenvalue weighted by Crippen LogP contribution is 2.34. The molecule has 0 atom stereocenters. The first kappa shape index (κ1) is 22.3. The highest BCUT2D eigenvalue weighted by Gasteiger charge is 2.35. The molecular weight excluding hydrogens is 387 g/mol. The van der Waals surface area contributed by atoms with Crippen molar-refractivity contribution in [3.8, 4) is 11.5 Å². The fourth-order valence-electron chi connectivity index (χ4n) is 2.74. The van der Waals surface area contributed by atoms with E-state index in [0.717, 1.165) is 4.90 Å². The van der Waals surface area contributed by atoms with Crippen molar-refractivity contribution in [3.63, 3.8) is 0 Å². The average Bonchev–Trinajstić information content (AvgIpc) is 2.71. The van der Waals surface area contributed by atoms with Gasteiger partial charge in [-0.15, -0.1) is 0 Å². The maximum Gasteiger partial charge on any atom is 0.417 e. The molecule has 1 amide bonds. The van der Waals surface area contributed by atoms with Crippen molar-refractivity contribution in [2.75, 3.05) is 27.4 Å². The molecule has 0 aliphatic heterocycles. The van der Waals surface area contributed by atoms with Crippen LogP contribution in [0.5, 0.6) is 11.5 Å². The molecule has 8 heteroatoms. The summed E-state index contributed by atoms with van der Waals surface area (Å²) in [5.74, 6) is 0.0882. The molecule has 0 aliphatic rings. The summed E-state index contributed by atoms with van der Waals surface area (Å²) in [5, 5.41) is 9.30. The number of alkyl halides is 3. The van der Waals surface area contributed by atoms with Crippen molar-refractivity contribution in [3.05, 3.63) is 65.7 Å². The van der Waals surface area contributed by atoms with Gasteiger partial charge < -0.3 is 19.5 Å². The smallest absolute Gasteiger partial charge is 0.417 e. The Hall–Kier alpha value is -3.00. The Bertz CT molecular complexity index is 851. The lowest BCUT2D eigenvalue weighted by molar-refractivity contribution is -0.127. The molecule has 1 N–H and O–H groups in total. The summed E-state index contributed by atoms with van der Waals surface area (Å²) in [5.41, 5.74) is -0.594. The zero-order chi connectivity index (χ0) is 21.4. The monoisotopic (exact) mass is 409 g/mol. The van der Waals surface area contributed by atoms with Gasteiger partial charge in [0.25, 0.3) is 0 Å². The summed E-state index contributed by atoms with van der Waals surface area (Å²) >= 11 is 0. The number of rotatable bonds is 8. The Balaban J connectivity index is 2.36. The van der Waals surface area contributed by atoms with Gasteiger partial charge in [0.1, 0.15) is 11.5 Å². The topological polar surface area (TPSA) is 59.0 Å². The second-order valence-corrected chi connectivity index (χ2v) is 6.08. The summed E-state index contributed by atoms with van der Waals surface area (Å²) in [6, 6.07) is 12.0. The van der Waals surface area contributed by atoms with Crippen molar-refractivity contribution >= 4 is 11.5 Å². The molecule has 0 fully saturated rings. The molecule has 0 spiro atoms. The highest BCUT2D eigenvalue weighted by molar-refractivity contribution is 5.96. The average molecular weight is 409 g/mol. The van der Waals surface area contributed by atoms with Gasteiger partial charge in [-0.2, -0.15) is 13.2 Å². The van der Waals surface area contributed by atoms with Crippen LogP contribution in [0.3, 0.4) is 0 Å². The molecule has 2 aromatic carbocycles. The molecule has 0 unspecified atom stereocenters. The van der Waals surface area contributed by atoms with Crippen molar-refractivity contribution in [2.24, 2.45) is 0 Å². The van der Waals surface area contributed by atoms with E-state index in [4.69, 9.17) is 9.47 Å². The predicted molar refractivity (Wildman–Crippen MR) is 103 cm³/mol. The number of hydrogen-bond donors (Lipinski definition) is 1. The van der Waals surface area contributed by atoms with E-state index in [-0.39, 0.29) is 18.7 Å². The summed E-state index contributed by atoms with van der Waals surface area (Å²) < 4.78 is 51.0. The number of amides is 1. The van der Waals surface area contributed by atoms with E-state index in [2.05, 4.69) is 0 Å². The summed E-state index contributed by atoms with van der Waals surface area (Å²) in [4.78, 5) is 13.8. The molecular formula is C21H22F3NO4. The van der Waals surface area contributed by atoms with Crippen molar-refractivity contribution in [1.82, 2.24) is 4.90 Å². The number of allylic oxidation sites excluding steroid dienone is 1. The van der Waals surface area contributed by atoms with Gasteiger partial charge in [0.15, 0.2) is 0 Å². The number of carbonyl (C=O) groups is 1. The number of nitrogens with zero attached hydrogens (tertiary/aromatic N) is 1. The lowest BCUT2D eigenvalue weighted by Crippen LogP contribution is -2.32. The first-order valence-electron chi connectivity index (χ1n) is 8.75. The minimum atomic E-state index is -4.71. The Morgan fingerprint density at radius 3 is 2.34 bits per heavy atom. The molecule has 0 heterocycles. The van der Waals surface area contributed by atoms with Gasteiger partial charge in [-0.1, -0.05) is 30.3 Å². The van der Waals surface area contributed by atoms with Gasteiger partial charge in [-0.05, 0) is 17.7 Å². The second kappa shape index (κ2) is 9.97. The quantitative estimate of drug-likeness (QED) is 0.676. The molecule has 0 aliphatic carbocycles. The largest absolute Gasteiger partial charge is 0.497 e. The molecule has 156 valence electrons. The molecule has 0 aromatic heterocycles. The summed E-state index contributed by atoms with van der Waals surface area (Å²) in [6.45, 7) is -0.571. The Morgan fingerprint density at radius 2 is 1.79 bits per heavy atom. The second-order valence-electron chi connectivity index (χ2n) is 6.08. The van der Waals surface area contributed by atoms with E-state index in [0.29, 0.717) is 23.1 Å². The third-order valence-electron chi connectivity index (χ3n) is 4.20. The zero-order valence-electron chi connectivity index (χ0n) is 16.1. The van der Waals surface area contributed by atoms with Crippen LogP contribution in [0.15, 0.2) is 54.6 Å². The summed E-state index contributed by atoms with van der Waals surface area (Å²) in [6.07, 6.45) is -4.15. The zero-order valence-corrected chi connectivity index (χ0v) is 16.1. The maximum atomic E-state index is 13.5. The molecule has 0 saturated carbocycles. The molecule has 2 aromatic rings. The first-order chi connectivity index (χ1) is 13.8. The fourth-order valence-corrected chi connectivity index (χ4v) is 2.74. The molecule has 2 rings (SSSR count). The molecule has 0 saturated heterocycles.